The SMILES string of the molecule is CC(CC1CC=CCCCCCCCC1)C(C)(C)C. The average molecular weight is 264 g/mol. The molecular weight excluding hydrogens is 228 g/mol. The van der Waals surface area contributed by atoms with Gasteiger partial charge in [-0.1, -0.05) is 78.4 Å². The largest absolute Gasteiger partial charge is 0.0885 e. The molecule has 0 spiro atoms. The smallest absolute Gasteiger partial charge is 0.0322 e. The molecule has 0 bridgehead atoms. The molecule has 0 radical (unpaired) electrons. The molecule has 0 saturated heterocycles. The zero-order chi connectivity index (χ0) is 14.1. The molecule has 1 aliphatic rings. The van der Waals surface area contributed by atoms with Crippen LogP contribution in [0.5, 0.6) is 0 Å². The van der Waals surface area contributed by atoms with E-state index in [4.69, 9.17) is 0 Å². The fourth-order valence-corrected chi connectivity index (χ4v) is 2.99. The summed E-state index contributed by atoms with van der Waals surface area (Å²) in [4.78, 5) is 0. The Kier molecular flexibility index (Phi) is 7.80. The Labute approximate surface area is 122 Å². The molecule has 0 aromatic heterocycles. The summed E-state index contributed by atoms with van der Waals surface area (Å²) < 4.78 is 0. The highest BCUT2D eigenvalue weighted by Gasteiger charge is 2.22. The molecule has 0 aromatic rings. The van der Waals surface area contributed by atoms with E-state index in [1.807, 2.05) is 0 Å². The lowest BCUT2D eigenvalue weighted by Crippen LogP contribution is -2.20. The zero-order valence-corrected chi connectivity index (χ0v) is 13.9. The fraction of sp³-hybridized carbons (Fsp3) is 0.895. The summed E-state index contributed by atoms with van der Waals surface area (Å²) in [5.74, 6) is 1.75. The summed E-state index contributed by atoms with van der Waals surface area (Å²) in [5.41, 5.74) is 0.466. The topological polar surface area (TPSA) is 0 Å². The van der Waals surface area contributed by atoms with Crippen LogP contribution in [0.1, 0.15) is 91.9 Å². The van der Waals surface area contributed by atoms with E-state index in [1.54, 1.807) is 0 Å². The molecule has 0 saturated carbocycles. The maximum absolute atomic E-state index is 2.47. The number of hydrogen-bond donors (Lipinski definition) is 0. The van der Waals surface area contributed by atoms with Crippen LogP contribution in [-0.2, 0) is 0 Å². The van der Waals surface area contributed by atoms with Gasteiger partial charge in [0, 0.05) is 0 Å². The summed E-state index contributed by atoms with van der Waals surface area (Å²) in [6.07, 6.45) is 19.1. The second kappa shape index (κ2) is 8.82. The van der Waals surface area contributed by atoms with Gasteiger partial charge in [0.25, 0.3) is 0 Å². The van der Waals surface area contributed by atoms with Gasteiger partial charge in [-0.3, -0.25) is 0 Å². The van der Waals surface area contributed by atoms with Crippen molar-refractivity contribution in [1.29, 1.82) is 0 Å². The first kappa shape index (κ1) is 16.8. The van der Waals surface area contributed by atoms with Crippen LogP contribution >= 0.6 is 0 Å². The van der Waals surface area contributed by atoms with Crippen LogP contribution in [-0.4, -0.2) is 0 Å². The minimum atomic E-state index is 0.466. The van der Waals surface area contributed by atoms with Gasteiger partial charge in [-0.2, -0.15) is 0 Å². The van der Waals surface area contributed by atoms with Crippen LogP contribution < -0.4 is 0 Å². The van der Waals surface area contributed by atoms with E-state index in [-0.39, 0.29) is 0 Å². The Hall–Kier alpha value is -0.260. The van der Waals surface area contributed by atoms with E-state index in [0.717, 1.165) is 11.8 Å². The fourth-order valence-electron chi connectivity index (χ4n) is 2.99. The van der Waals surface area contributed by atoms with E-state index in [9.17, 15) is 0 Å². The summed E-state index contributed by atoms with van der Waals surface area (Å²) in [6.45, 7) is 9.62. The van der Waals surface area contributed by atoms with Crippen LogP contribution in [0.4, 0.5) is 0 Å². The highest BCUT2D eigenvalue weighted by Crippen LogP contribution is 2.33. The Balaban J connectivity index is 2.46. The lowest BCUT2D eigenvalue weighted by Gasteiger charge is -2.30. The first-order valence-electron chi connectivity index (χ1n) is 8.65. The maximum Gasteiger partial charge on any atom is -0.0322 e. The average Bonchev–Trinajstić information content (AvgIpc) is 2.31. The van der Waals surface area contributed by atoms with Gasteiger partial charge in [0.05, 0.1) is 0 Å². The van der Waals surface area contributed by atoms with Gasteiger partial charge < -0.3 is 0 Å². The molecule has 0 nitrogen and oxygen atoms in total. The normalized spacial score (nSPS) is 25.4. The minimum Gasteiger partial charge on any atom is -0.0885 e. The number of allylic oxidation sites excluding steroid dienone is 2. The summed E-state index contributed by atoms with van der Waals surface area (Å²) in [6, 6.07) is 0. The molecule has 1 rings (SSSR count). The molecule has 112 valence electrons. The van der Waals surface area contributed by atoms with Crippen LogP contribution in [0.3, 0.4) is 0 Å². The summed E-state index contributed by atoms with van der Waals surface area (Å²) >= 11 is 0. The van der Waals surface area contributed by atoms with Crippen molar-refractivity contribution in [2.75, 3.05) is 0 Å². The minimum absolute atomic E-state index is 0.466. The van der Waals surface area contributed by atoms with Crippen LogP contribution in [0.15, 0.2) is 12.2 Å². The van der Waals surface area contributed by atoms with Gasteiger partial charge in [-0.05, 0) is 42.9 Å². The molecule has 2 unspecified atom stereocenters. The maximum atomic E-state index is 2.47. The Bertz CT molecular complexity index is 243. The van der Waals surface area contributed by atoms with E-state index < -0.39 is 0 Å². The highest BCUT2D eigenvalue weighted by molar-refractivity contribution is 4.86. The third-order valence-corrected chi connectivity index (χ3v) is 5.03. The van der Waals surface area contributed by atoms with Crippen molar-refractivity contribution >= 4 is 0 Å². The van der Waals surface area contributed by atoms with E-state index in [2.05, 4.69) is 39.8 Å². The Morgan fingerprint density at radius 1 is 0.947 bits per heavy atom. The van der Waals surface area contributed by atoms with Crippen molar-refractivity contribution in [2.45, 2.75) is 91.9 Å². The first-order chi connectivity index (χ1) is 9.00. The molecule has 0 N–H and O–H groups in total. The third-order valence-electron chi connectivity index (χ3n) is 5.03. The number of hydrogen-bond acceptors (Lipinski definition) is 0. The van der Waals surface area contributed by atoms with Crippen molar-refractivity contribution in [3.05, 3.63) is 12.2 Å². The van der Waals surface area contributed by atoms with Crippen LogP contribution in [0.25, 0.3) is 0 Å². The van der Waals surface area contributed by atoms with Crippen molar-refractivity contribution < 1.29 is 0 Å². The van der Waals surface area contributed by atoms with Crippen LogP contribution in [0, 0.1) is 17.3 Å². The molecule has 0 aromatic carbocycles. The highest BCUT2D eigenvalue weighted by atomic mass is 14.3. The van der Waals surface area contributed by atoms with Crippen molar-refractivity contribution in [3.8, 4) is 0 Å². The molecule has 0 heterocycles. The lowest BCUT2D eigenvalue weighted by atomic mass is 9.75. The van der Waals surface area contributed by atoms with E-state index >= 15 is 0 Å². The van der Waals surface area contributed by atoms with Gasteiger partial charge >= 0.3 is 0 Å². The number of rotatable bonds is 2. The second-order valence-corrected chi connectivity index (χ2v) is 7.77. The predicted octanol–water partition coefficient (Wildman–Crippen LogP) is 6.76. The van der Waals surface area contributed by atoms with Crippen LogP contribution in [0.2, 0.25) is 0 Å². The van der Waals surface area contributed by atoms with Gasteiger partial charge in [0.15, 0.2) is 0 Å². The molecule has 1 aliphatic carbocycles. The zero-order valence-electron chi connectivity index (χ0n) is 13.9. The van der Waals surface area contributed by atoms with Crippen molar-refractivity contribution in [1.82, 2.24) is 0 Å². The molecule has 0 fully saturated rings. The molecule has 2 atom stereocenters. The monoisotopic (exact) mass is 264 g/mol. The molecule has 0 heteroatoms. The summed E-state index contributed by atoms with van der Waals surface area (Å²) in [5, 5.41) is 0. The Morgan fingerprint density at radius 3 is 2.26 bits per heavy atom. The first-order valence-corrected chi connectivity index (χ1v) is 8.65. The standard InChI is InChI=1S/C19H36/c1-17(19(2,3)4)16-18-14-12-10-8-6-5-7-9-11-13-15-18/h10,12,17-18H,5-9,11,13-16H2,1-4H3. The molecule has 19 heavy (non-hydrogen) atoms. The lowest BCUT2D eigenvalue weighted by molar-refractivity contribution is 0.207. The van der Waals surface area contributed by atoms with Gasteiger partial charge in [0.2, 0.25) is 0 Å². The quantitative estimate of drug-likeness (QED) is 0.483. The molecule has 0 aliphatic heterocycles. The predicted molar refractivity (Wildman–Crippen MR) is 87.4 cm³/mol. The van der Waals surface area contributed by atoms with Crippen molar-refractivity contribution in [3.63, 3.8) is 0 Å². The second-order valence-electron chi connectivity index (χ2n) is 7.77. The van der Waals surface area contributed by atoms with Gasteiger partial charge in [0.1, 0.15) is 0 Å². The van der Waals surface area contributed by atoms with E-state index in [0.29, 0.717) is 5.41 Å². The third kappa shape index (κ3) is 7.80. The van der Waals surface area contributed by atoms with Crippen molar-refractivity contribution in [2.24, 2.45) is 17.3 Å². The Morgan fingerprint density at radius 2 is 1.58 bits per heavy atom. The van der Waals surface area contributed by atoms with Gasteiger partial charge in [-0.25, -0.2) is 0 Å². The van der Waals surface area contributed by atoms with Gasteiger partial charge in [-0.15, -0.1) is 0 Å². The molecule has 0 amide bonds. The summed E-state index contributed by atoms with van der Waals surface area (Å²) in [7, 11) is 0. The molecular formula is C19H36. The van der Waals surface area contributed by atoms with E-state index in [1.165, 1.54) is 64.2 Å².